The third-order valence-electron chi connectivity index (χ3n) is 1.62. The second-order valence-corrected chi connectivity index (χ2v) is 4.64. The first kappa shape index (κ1) is 13.2. The van der Waals surface area contributed by atoms with Crippen LogP contribution in [0.1, 0.15) is 25.7 Å². The summed E-state index contributed by atoms with van der Waals surface area (Å²) in [4.78, 5) is 0. The monoisotopic (exact) mass is 250 g/mol. The second-order valence-electron chi connectivity index (χ2n) is 2.79. The molecular weight excluding hydrogens is 238 g/mol. The summed E-state index contributed by atoms with van der Waals surface area (Å²) in [6.45, 7) is 0. The van der Waals surface area contributed by atoms with Gasteiger partial charge < -0.3 is 0 Å². The number of rotatable bonds is 7. The maximum absolute atomic E-state index is 5.82. The minimum atomic E-state index is 0.108. The van der Waals surface area contributed by atoms with E-state index < -0.39 is 0 Å². The fraction of sp³-hybridized carbons (Fsp3) is 1.00. The molecule has 0 spiro atoms. The third-order valence-corrected chi connectivity index (χ3v) is 3.43. The Hall–Kier alpha value is 1.16. The summed E-state index contributed by atoms with van der Waals surface area (Å²) in [5.74, 6) is 1.06. The number of hydrogen-bond acceptors (Lipinski definition) is 0. The van der Waals surface area contributed by atoms with Crippen molar-refractivity contribution in [2.45, 2.75) is 36.4 Å². The van der Waals surface area contributed by atoms with Gasteiger partial charge in [0.25, 0.3) is 0 Å². The topological polar surface area (TPSA) is 0 Å². The molecule has 0 saturated carbocycles. The summed E-state index contributed by atoms with van der Waals surface area (Å²) < 4.78 is 0. The molecular formula is C8H14Cl4. The highest BCUT2D eigenvalue weighted by molar-refractivity contribution is 6.28. The Morgan fingerprint density at radius 1 is 0.750 bits per heavy atom. The molecule has 4 heteroatoms. The van der Waals surface area contributed by atoms with E-state index in [9.17, 15) is 0 Å². The summed E-state index contributed by atoms with van der Waals surface area (Å²) in [5.41, 5.74) is 0. The summed E-state index contributed by atoms with van der Waals surface area (Å²) in [6, 6.07) is 0. The second kappa shape index (κ2) is 8.74. The predicted molar refractivity (Wildman–Crippen MR) is 59.2 cm³/mol. The molecule has 0 rings (SSSR count). The molecule has 12 heavy (non-hydrogen) atoms. The zero-order valence-electron chi connectivity index (χ0n) is 6.91. The van der Waals surface area contributed by atoms with Gasteiger partial charge in [0.2, 0.25) is 0 Å². The van der Waals surface area contributed by atoms with E-state index in [2.05, 4.69) is 0 Å². The quantitative estimate of drug-likeness (QED) is 0.469. The Bertz CT molecular complexity index is 85.1. The fourth-order valence-corrected chi connectivity index (χ4v) is 1.50. The highest BCUT2D eigenvalue weighted by Gasteiger charge is 2.04. The fourth-order valence-electron chi connectivity index (χ4n) is 0.886. The van der Waals surface area contributed by atoms with E-state index in [0.717, 1.165) is 25.7 Å². The van der Waals surface area contributed by atoms with Gasteiger partial charge in [0.15, 0.2) is 0 Å². The molecule has 2 unspecified atom stereocenters. The van der Waals surface area contributed by atoms with Gasteiger partial charge in [-0.2, -0.15) is 0 Å². The average Bonchev–Trinajstić information content (AvgIpc) is 2.11. The van der Waals surface area contributed by atoms with Crippen molar-refractivity contribution in [2.24, 2.45) is 0 Å². The smallest absolute Gasteiger partial charge is 0.0471 e. The molecule has 0 amide bonds. The Kier molecular flexibility index (Phi) is 9.59. The van der Waals surface area contributed by atoms with Gasteiger partial charge in [-0.05, 0) is 12.8 Å². The van der Waals surface area contributed by atoms with E-state index in [1.165, 1.54) is 0 Å². The molecule has 0 aliphatic carbocycles. The normalized spacial score (nSPS) is 16.0. The largest absolute Gasteiger partial charge is 0.125 e. The van der Waals surface area contributed by atoms with Gasteiger partial charge in [-0.15, -0.1) is 46.4 Å². The predicted octanol–water partition coefficient (Wildman–Crippen LogP) is 4.24. The Morgan fingerprint density at radius 2 is 1.08 bits per heavy atom. The van der Waals surface area contributed by atoms with E-state index in [4.69, 9.17) is 46.4 Å². The van der Waals surface area contributed by atoms with Crippen LogP contribution in [0.25, 0.3) is 0 Å². The van der Waals surface area contributed by atoms with E-state index in [0.29, 0.717) is 11.8 Å². The van der Waals surface area contributed by atoms with Crippen LogP contribution in [0.4, 0.5) is 0 Å². The third kappa shape index (κ3) is 7.79. The molecule has 0 aromatic carbocycles. The van der Waals surface area contributed by atoms with Crippen LogP contribution in [0.3, 0.4) is 0 Å². The van der Waals surface area contributed by atoms with E-state index >= 15 is 0 Å². The molecule has 0 saturated heterocycles. The molecule has 2 atom stereocenters. The lowest BCUT2D eigenvalue weighted by Gasteiger charge is -2.06. The molecule has 74 valence electrons. The molecule has 0 aromatic rings. The lowest BCUT2D eigenvalue weighted by atomic mass is 10.1. The van der Waals surface area contributed by atoms with Crippen molar-refractivity contribution in [1.29, 1.82) is 0 Å². The molecule has 0 radical (unpaired) electrons. The number of hydrogen-bond donors (Lipinski definition) is 0. The number of alkyl halides is 4. The van der Waals surface area contributed by atoms with Gasteiger partial charge in [-0.3, -0.25) is 0 Å². The highest BCUT2D eigenvalue weighted by Crippen LogP contribution is 2.14. The van der Waals surface area contributed by atoms with E-state index in [1.807, 2.05) is 0 Å². The molecule has 0 N–H and O–H groups in total. The first-order chi connectivity index (χ1) is 5.70. The first-order valence-corrected chi connectivity index (χ1v) is 6.05. The van der Waals surface area contributed by atoms with Crippen molar-refractivity contribution in [1.82, 2.24) is 0 Å². The molecule has 0 fully saturated rings. The van der Waals surface area contributed by atoms with Gasteiger partial charge in [0.1, 0.15) is 0 Å². The number of unbranched alkanes of at least 4 members (excludes halogenated alkanes) is 1. The molecule has 0 aromatic heterocycles. The van der Waals surface area contributed by atoms with Gasteiger partial charge >= 0.3 is 0 Å². The zero-order valence-corrected chi connectivity index (χ0v) is 9.93. The minimum absolute atomic E-state index is 0.108. The van der Waals surface area contributed by atoms with Crippen molar-refractivity contribution in [3.05, 3.63) is 0 Å². The minimum Gasteiger partial charge on any atom is -0.125 e. The summed E-state index contributed by atoms with van der Waals surface area (Å²) in [6.07, 6.45) is 4.11. The van der Waals surface area contributed by atoms with Crippen LogP contribution in [-0.4, -0.2) is 22.5 Å². The lowest BCUT2D eigenvalue weighted by Crippen LogP contribution is -2.02. The van der Waals surface area contributed by atoms with Crippen LogP contribution < -0.4 is 0 Å². The first-order valence-electron chi connectivity index (χ1n) is 4.10. The molecule has 0 nitrogen and oxygen atoms in total. The van der Waals surface area contributed by atoms with Gasteiger partial charge in [0, 0.05) is 22.5 Å². The van der Waals surface area contributed by atoms with Gasteiger partial charge in [-0.1, -0.05) is 12.8 Å². The molecule has 0 aliphatic rings. The van der Waals surface area contributed by atoms with Crippen LogP contribution in [0.5, 0.6) is 0 Å². The van der Waals surface area contributed by atoms with Crippen LogP contribution in [-0.2, 0) is 0 Å². The van der Waals surface area contributed by atoms with Crippen LogP contribution in [0.2, 0.25) is 0 Å². The zero-order chi connectivity index (χ0) is 9.40. The summed E-state index contributed by atoms with van der Waals surface area (Å²) in [7, 11) is 0. The standard InChI is InChI=1S/C8H14Cl4/c9-5-7(11)3-1-2-4-8(12)6-10/h7-8H,1-6H2. The molecule has 0 heterocycles. The molecule has 0 aliphatic heterocycles. The Labute approximate surface area is 94.5 Å². The molecule has 0 bridgehead atoms. The summed E-state index contributed by atoms with van der Waals surface area (Å²) >= 11 is 22.7. The SMILES string of the molecule is ClCC(Cl)CCCCC(Cl)CCl. The maximum atomic E-state index is 5.82. The van der Waals surface area contributed by atoms with Crippen molar-refractivity contribution >= 4 is 46.4 Å². The van der Waals surface area contributed by atoms with Gasteiger partial charge in [-0.25, -0.2) is 0 Å². The Balaban J connectivity index is 3.10. The van der Waals surface area contributed by atoms with Crippen molar-refractivity contribution < 1.29 is 0 Å². The van der Waals surface area contributed by atoms with Crippen LogP contribution in [0.15, 0.2) is 0 Å². The van der Waals surface area contributed by atoms with Gasteiger partial charge in [0.05, 0.1) is 0 Å². The van der Waals surface area contributed by atoms with Crippen LogP contribution in [0, 0.1) is 0 Å². The number of halogens is 4. The van der Waals surface area contributed by atoms with Crippen LogP contribution >= 0.6 is 46.4 Å². The van der Waals surface area contributed by atoms with E-state index in [-0.39, 0.29) is 10.8 Å². The van der Waals surface area contributed by atoms with Crippen molar-refractivity contribution in [3.8, 4) is 0 Å². The summed E-state index contributed by atoms with van der Waals surface area (Å²) in [5, 5.41) is 0.216. The average molecular weight is 252 g/mol. The maximum Gasteiger partial charge on any atom is 0.0471 e. The Morgan fingerprint density at radius 3 is 1.33 bits per heavy atom. The van der Waals surface area contributed by atoms with E-state index in [1.54, 1.807) is 0 Å². The lowest BCUT2D eigenvalue weighted by molar-refractivity contribution is 0.634. The van der Waals surface area contributed by atoms with Crippen molar-refractivity contribution in [2.75, 3.05) is 11.8 Å². The van der Waals surface area contributed by atoms with Crippen molar-refractivity contribution in [3.63, 3.8) is 0 Å². The highest BCUT2D eigenvalue weighted by atomic mass is 35.5.